The molecule has 3 nitrogen and oxygen atoms in total. The Kier molecular flexibility index (Phi) is 3.17. The van der Waals surface area contributed by atoms with E-state index in [0.717, 1.165) is 24.8 Å². The van der Waals surface area contributed by atoms with Crippen LogP contribution in [0.2, 0.25) is 0 Å². The Bertz CT molecular complexity index is 473. The van der Waals surface area contributed by atoms with Crippen molar-refractivity contribution in [3.05, 3.63) is 16.0 Å². The molecular weight excluding hydrogens is 244 g/mol. The third kappa shape index (κ3) is 1.93. The lowest BCUT2D eigenvalue weighted by Gasteiger charge is -2.04. The summed E-state index contributed by atoms with van der Waals surface area (Å²) in [5.74, 6) is -0.252. The number of rotatable bonds is 2. The number of hydrogen-bond donors (Lipinski definition) is 1. The molecule has 1 aromatic rings. The molecule has 0 aliphatic heterocycles. The summed E-state index contributed by atoms with van der Waals surface area (Å²) in [4.78, 5) is 12.7. The number of thiophene rings is 1. The third-order valence-corrected chi connectivity index (χ3v) is 4.04. The highest BCUT2D eigenvalue weighted by atomic mass is 35.5. The predicted molar refractivity (Wildman–Crippen MR) is 65.0 cm³/mol. The summed E-state index contributed by atoms with van der Waals surface area (Å²) < 4.78 is 0. The standard InChI is InChI=1S/C11H11ClN2OS/c1-6(12)10(15)14-11-8(5-13)7-3-2-4-9(7)16-11/h6H,2-4H2,1H3,(H,14,15). The number of anilines is 1. The number of nitrogens with zero attached hydrogens (tertiary/aromatic N) is 1. The molecule has 0 fully saturated rings. The average molecular weight is 255 g/mol. The van der Waals surface area contributed by atoms with Gasteiger partial charge in [-0.05, 0) is 31.7 Å². The van der Waals surface area contributed by atoms with Gasteiger partial charge in [-0.15, -0.1) is 22.9 Å². The van der Waals surface area contributed by atoms with E-state index in [0.29, 0.717) is 10.6 Å². The average Bonchev–Trinajstić information content (AvgIpc) is 2.77. The van der Waals surface area contributed by atoms with Crippen LogP contribution in [0.25, 0.3) is 0 Å². The Labute approximate surface area is 103 Å². The molecule has 2 rings (SSSR count). The van der Waals surface area contributed by atoms with Crippen LogP contribution in [0.4, 0.5) is 5.00 Å². The molecule has 0 aromatic carbocycles. The highest BCUT2D eigenvalue weighted by Gasteiger charge is 2.23. The van der Waals surface area contributed by atoms with Crippen molar-refractivity contribution in [1.29, 1.82) is 5.26 Å². The van der Waals surface area contributed by atoms with Gasteiger partial charge in [-0.2, -0.15) is 5.26 Å². The molecule has 1 heterocycles. The van der Waals surface area contributed by atoms with Crippen molar-refractivity contribution in [3.8, 4) is 6.07 Å². The monoisotopic (exact) mass is 254 g/mol. The quantitative estimate of drug-likeness (QED) is 0.825. The van der Waals surface area contributed by atoms with Gasteiger partial charge in [0.05, 0.1) is 5.56 Å². The molecule has 84 valence electrons. The predicted octanol–water partition coefficient (Wildman–Crippen LogP) is 2.67. The molecule has 1 N–H and O–H groups in total. The summed E-state index contributed by atoms with van der Waals surface area (Å²) in [6.45, 7) is 1.62. The first-order chi connectivity index (χ1) is 7.63. The van der Waals surface area contributed by atoms with Gasteiger partial charge in [0.15, 0.2) is 0 Å². The number of hydrogen-bond acceptors (Lipinski definition) is 3. The molecule has 0 bridgehead atoms. The summed E-state index contributed by atoms with van der Waals surface area (Å²) in [5, 5.41) is 11.9. The van der Waals surface area contributed by atoms with Crippen molar-refractivity contribution in [2.75, 3.05) is 5.32 Å². The maximum absolute atomic E-state index is 11.5. The molecule has 0 radical (unpaired) electrons. The van der Waals surface area contributed by atoms with Crippen LogP contribution in [-0.2, 0) is 17.6 Å². The Morgan fingerprint density at radius 2 is 2.38 bits per heavy atom. The molecule has 0 saturated heterocycles. The SMILES string of the molecule is CC(Cl)C(=O)Nc1sc2c(c1C#N)CCC2. The van der Waals surface area contributed by atoms with E-state index in [9.17, 15) is 4.79 Å². The van der Waals surface area contributed by atoms with E-state index in [1.165, 1.54) is 16.2 Å². The number of amides is 1. The number of nitriles is 1. The first-order valence-corrected chi connectivity index (χ1v) is 6.38. The fraction of sp³-hybridized carbons (Fsp3) is 0.455. The smallest absolute Gasteiger partial charge is 0.242 e. The zero-order chi connectivity index (χ0) is 11.7. The van der Waals surface area contributed by atoms with Gasteiger partial charge in [-0.25, -0.2) is 0 Å². The molecule has 0 saturated carbocycles. The van der Waals surface area contributed by atoms with Crippen molar-refractivity contribution in [2.45, 2.75) is 31.6 Å². The summed E-state index contributed by atoms with van der Waals surface area (Å²) in [6, 6.07) is 2.17. The van der Waals surface area contributed by atoms with Crippen LogP contribution in [0, 0.1) is 11.3 Å². The first kappa shape index (κ1) is 11.4. The van der Waals surface area contributed by atoms with Crippen LogP contribution in [-0.4, -0.2) is 11.3 Å². The maximum Gasteiger partial charge on any atom is 0.242 e. The van der Waals surface area contributed by atoms with E-state index in [1.54, 1.807) is 6.92 Å². The molecule has 1 aliphatic rings. The number of halogens is 1. The van der Waals surface area contributed by atoms with Crippen molar-refractivity contribution < 1.29 is 4.79 Å². The molecule has 5 heteroatoms. The van der Waals surface area contributed by atoms with Crippen molar-refractivity contribution >= 4 is 33.8 Å². The molecule has 1 aromatic heterocycles. The normalized spacial score (nSPS) is 15.3. The summed E-state index contributed by atoms with van der Waals surface area (Å²) in [7, 11) is 0. The maximum atomic E-state index is 11.5. The highest BCUT2D eigenvalue weighted by molar-refractivity contribution is 7.16. The van der Waals surface area contributed by atoms with E-state index in [1.807, 2.05) is 0 Å². The lowest BCUT2D eigenvalue weighted by Crippen LogP contribution is -2.20. The number of aryl methyl sites for hydroxylation is 1. The summed E-state index contributed by atoms with van der Waals surface area (Å²) in [5.41, 5.74) is 1.74. The van der Waals surface area contributed by atoms with Gasteiger partial charge < -0.3 is 5.32 Å². The van der Waals surface area contributed by atoms with Crippen molar-refractivity contribution in [3.63, 3.8) is 0 Å². The fourth-order valence-electron chi connectivity index (χ4n) is 1.82. The van der Waals surface area contributed by atoms with Crippen LogP contribution < -0.4 is 5.32 Å². The van der Waals surface area contributed by atoms with E-state index >= 15 is 0 Å². The van der Waals surface area contributed by atoms with Gasteiger partial charge in [-0.3, -0.25) is 4.79 Å². The fourth-order valence-corrected chi connectivity index (χ4v) is 3.12. The van der Waals surface area contributed by atoms with E-state index in [4.69, 9.17) is 16.9 Å². The number of nitrogens with one attached hydrogen (secondary N) is 1. The third-order valence-electron chi connectivity index (χ3n) is 2.63. The van der Waals surface area contributed by atoms with Gasteiger partial charge in [0.2, 0.25) is 5.91 Å². The Hall–Kier alpha value is -1.05. The first-order valence-electron chi connectivity index (χ1n) is 5.13. The van der Waals surface area contributed by atoms with Gasteiger partial charge >= 0.3 is 0 Å². The van der Waals surface area contributed by atoms with E-state index in [-0.39, 0.29) is 5.91 Å². The lowest BCUT2D eigenvalue weighted by atomic mass is 10.1. The molecule has 16 heavy (non-hydrogen) atoms. The molecular formula is C11H11ClN2OS. The highest BCUT2D eigenvalue weighted by Crippen LogP contribution is 2.38. The van der Waals surface area contributed by atoms with Crippen LogP contribution in [0.3, 0.4) is 0 Å². The van der Waals surface area contributed by atoms with Crippen molar-refractivity contribution in [2.24, 2.45) is 0 Å². The van der Waals surface area contributed by atoms with E-state index < -0.39 is 5.38 Å². The Morgan fingerprint density at radius 3 is 3.00 bits per heavy atom. The minimum Gasteiger partial charge on any atom is -0.315 e. The number of alkyl halides is 1. The zero-order valence-corrected chi connectivity index (χ0v) is 10.4. The minimum atomic E-state index is -0.580. The van der Waals surface area contributed by atoms with Crippen LogP contribution >= 0.6 is 22.9 Å². The second-order valence-corrected chi connectivity index (χ2v) is 5.54. The number of fused-ring (bicyclic) bond motifs is 1. The second kappa shape index (κ2) is 4.44. The zero-order valence-electron chi connectivity index (χ0n) is 8.84. The summed E-state index contributed by atoms with van der Waals surface area (Å²) in [6.07, 6.45) is 3.07. The Morgan fingerprint density at radius 1 is 1.62 bits per heavy atom. The largest absolute Gasteiger partial charge is 0.315 e. The minimum absolute atomic E-state index is 0.252. The van der Waals surface area contributed by atoms with Gasteiger partial charge in [0, 0.05) is 4.88 Å². The second-order valence-electron chi connectivity index (χ2n) is 3.78. The van der Waals surface area contributed by atoms with Crippen LogP contribution in [0.15, 0.2) is 0 Å². The van der Waals surface area contributed by atoms with Gasteiger partial charge in [0.25, 0.3) is 0 Å². The topological polar surface area (TPSA) is 52.9 Å². The summed E-state index contributed by atoms with van der Waals surface area (Å²) >= 11 is 7.18. The molecule has 1 atom stereocenters. The molecule has 1 aliphatic carbocycles. The van der Waals surface area contributed by atoms with Crippen LogP contribution in [0.5, 0.6) is 0 Å². The number of carbonyl (C=O) groups excluding carboxylic acids is 1. The van der Waals surface area contributed by atoms with Crippen LogP contribution in [0.1, 0.15) is 29.3 Å². The van der Waals surface area contributed by atoms with Gasteiger partial charge in [0.1, 0.15) is 16.4 Å². The lowest BCUT2D eigenvalue weighted by molar-refractivity contribution is -0.115. The van der Waals surface area contributed by atoms with E-state index in [2.05, 4.69) is 11.4 Å². The number of carbonyl (C=O) groups is 1. The molecule has 0 spiro atoms. The van der Waals surface area contributed by atoms with Gasteiger partial charge in [-0.1, -0.05) is 0 Å². The Balaban J connectivity index is 2.29. The van der Waals surface area contributed by atoms with Crippen molar-refractivity contribution in [1.82, 2.24) is 0 Å². The molecule has 1 amide bonds. The molecule has 1 unspecified atom stereocenters.